The fourth-order valence-electron chi connectivity index (χ4n) is 5.54. The van der Waals surface area contributed by atoms with Crippen LogP contribution in [0.1, 0.15) is 33.1 Å². The van der Waals surface area contributed by atoms with Crippen LogP contribution in [0.3, 0.4) is 0 Å². The van der Waals surface area contributed by atoms with Crippen LogP contribution in [0.15, 0.2) is 30.3 Å². The number of nitrogens with zero attached hydrogens (tertiary/aromatic N) is 4. The van der Waals surface area contributed by atoms with Crippen LogP contribution in [-0.2, 0) is 9.53 Å². The quantitative estimate of drug-likeness (QED) is 0.568. The number of carbonyl (C=O) groups excluding carboxylic acids is 1. The first-order chi connectivity index (χ1) is 17.0. The van der Waals surface area contributed by atoms with Crippen molar-refractivity contribution in [3.8, 4) is 17.3 Å². The summed E-state index contributed by atoms with van der Waals surface area (Å²) < 4.78 is 11.6. The maximum absolute atomic E-state index is 12.4. The minimum atomic E-state index is 0.0359. The Morgan fingerprint density at radius 3 is 2.51 bits per heavy atom. The summed E-state index contributed by atoms with van der Waals surface area (Å²) in [6.07, 6.45) is 2.78. The Bertz CT molecular complexity index is 1230. The molecule has 0 spiro atoms. The van der Waals surface area contributed by atoms with Crippen LogP contribution in [0.5, 0.6) is 6.01 Å². The molecule has 1 saturated carbocycles. The van der Waals surface area contributed by atoms with Gasteiger partial charge in [-0.3, -0.25) is 4.79 Å². The smallest absolute Gasteiger partial charge is 0.296 e. The number of piperidine rings is 1. The average molecular weight is 496 g/mol. The third-order valence-electron chi connectivity index (χ3n) is 7.35. The summed E-state index contributed by atoms with van der Waals surface area (Å²) in [5, 5.41) is 0.563. The first kappa shape index (κ1) is 22.6. The predicted molar refractivity (Wildman–Crippen MR) is 135 cm³/mol. The van der Waals surface area contributed by atoms with Crippen molar-refractivity contribution in [1.82, 2.24) is 19.9 Å². The first-order valence-electron chi connectivity index (χ1n) is 12.4. The number of fused-ring (bicyclic) bond motifs is 3. The Morgan fingerprint density at radius 1 is 1.11 bits per heavy atom. The number of hydrogen-bond acceptors (Lipinski definition) is 6. The SMILES string of the molecule is CC(C)C(=O)N1C2CC(Oc3nc4nc(-c5ccc(N6CCOCC6)cc5)c(Cl)cc4[nH]3)C[C@H]1C2. The zero-order valence-electron chi connectivity index (χ0n) is 20.0. The van der Waals surface area contributed by atoms with E-state index >= 15 is 0 Å². The van der Waals surface area contributed by atoms with Crippen LogP contribution in [0, 0.1) is 5.92 Å². The highest BCUT2D eigenvalue weighted by Gasteiger charge is 2.49. The normalized spacial score (nSPS) is 24.1. The molecule has 3 aliphatic heterocycles. The van der Waals surface area contributed by atoms with Gasteiger partial charge in [0.1, 0.15) is 6.10 Å². The Kier molecular flexibility index (Phi) is 5.81. The van der Waals surface area contributed by atoms with E-state index < -0.39 is 0 Å². The number of amides is 1. The molecule has 3 atom stereocenters. The summed E-state index contributed by atoms with van der Waals surface area (Å²) in [7, 11) is 0. The van der Waals surface area contributed by atoms with Gasteiger partial charge >= 0.3 is 0 Å². The minimum Gasteiger partial charge on any atom is -0.461 e. The van der Waals surface area contributed by atoms with Crippen LogP contribution in [-0.4, -0.2) is 70.2 Å². The average Bonchev–Trinajstić information content (AvgIpc) is 3.24. The molecule has 5 heterocycles. The number of imidazole rings is 1. The highest BCUT2D eigenvalue weighted by molar-refractivity contribution is 6.33. The van der Waals surface area contributed by atoms with Crippen molar-refractivity contribution in [3.63, 3.8) is 0 Å². The highest BCUT2D eigenvalue weighted by Crippen LogP contribution is 2.40. The Hall–Kier alpha value is -2.84. The van der Waals surface area contributed by atoms with Crippen LogP contribution in [0.25, 0.3) is 22.4 Å². The Morgan fingerprint density at radius 2 is 1.83 bits per heavy atom. The molecule has 3 saturated heterocycles. The molecule has 1 aliphatic carbocycles. The van der Waals surface area contributed by atoms with Gasteiger partial charge in [0.25, 0.3) is 6.01 Å². The van der Waals surface area contributed by atoms with E-state index in [9.17, 15) is 4.79 Å². The molecule has 3 aromatic rings. The van der Waals surface area contributed by atoms with E-state index in [-0.39, 0.29) is 30.0 Å². The second-order valence-electron chi connectivity index (χ2n) is 10.0. The van der Waals surface area contributed by atoms with E-state index in [2.05, 4.69) is 31.9 Å². The molecule has 4 fully saturated rings. The van der Waals surface area contributed by atoms with Crippen LogP contribution in [0.2, 0.25) is 5.02 Å². The third kappa shape index (κ3) is 4.23. The third-order valence-corrected chi connectivity index (χ3v) is 7.64. The van der Waals surface area contributed by atoms with Gasteiger partial charge in [-0.15, -0.1) is 0 Å². The molecular formula is C26H30ClN5O3. The molecule has 2 aromatic heterocycles. The predicted octanol–water partition coefficient (Wildman–Crippen LogP) is 4.28. The monoisotopic (exact) mass is 495 g/mol. The topological polar surface area (TPSA) is 83.6 Å². The molecule has 8 nitrogen and oxygen atoms in total. The number of H-pyrrole nitrogens is 1. The van der Waals surface area contributed by atoms with E-state index in [1.54, 1.807) is 0 Å². The van der Waals surface area contributed by atoms with E-state index in [1.807, 2.05) is 32.0 Å². The van der Waals surface area contributed by atoms with Crippen molar-refractivity contribution in [2.24, 2.45) is 5.92 Å². The van der Waals surface area contributed by atoms with E-state index in [0.717, 1.165) is 56.6 Å². The van der Waals surface area contributed by atoms with Crippen LogP contribution < -0.4 is 9.64 Å². The Balaban J connectivity index is 1.16. The molecule has 1 N–H and O–H groups in total. The van der Waals surface area contributed by atoms with Crippen molar-refractivity contribution >= 4 is 34.4 Å². The number of anilines is 1. The zero-order chi connectivity index (χ0) is 24.1. The lowest BCUT2D eigenvalue weighted by atomic mass is 9.77. The maximum atomic E-state index is 12.4. The molecule has 4 aliphatic rings. The molecular weight excluding hydrogens is 466 g/mol. The molecule has 1 aromatic carbocycles. The molecule has 9 heteroatoms. The van der Waals surface area contributed by atoms with Gasteiger partial charge < -0.3 is 24.3 Å². The van der Waals surface area contributed by atoms with Crippen molar-refractivity contribution in [2.45, 2.75) is 51.3 Å². The number of benzene rings is 1. The lowest BCUT2D eigenvalue weighted by Gasteiger charge is -2.55. The largest absolute Gasteiger partial charge is 0.461 e. The number of pyridine rings is 1. The van der Waals surface area contributed by atoms with Gasteiger partial charge in [-0.1, -0.05) is 37.6 Å². The molecule has 35 heavy (non-hydrogen) atoms. The van der Waals surface area contributed by atoms with E-state index in [1.165, 1.54) is 5.69 Å². The second-order valence-corrected chi connectivity index (χ2v) is 10.4. The summed E-state index contributed by atoms with van der Waals surface area (Å²) in [5.41, 5.74) is 4.14. The van der Waals surface area contributed by atoms with E-state index in [0.29, 0.717) is 22.4 Å². The van der Waals surface area contributed by atoms with Gasteiger partial charge in [-0.05, 0) is 24.6 Å². The summed E-state index contributed by atoms with van der Waals surface area (Å²) in [5.74, 6) is 0.284. The van der Waals surface area contributed by atoms with Gasteiger partial charge in [0.05, 0.1) is 29.4 Å². The van der Waals surface area contributed by atoms with Gasteiger partial charge in [-0.2, -0.15) is 4.98 Å². The molecule has 1 amide bonds. The number of ether oxygens (including phenoxy) is 2. The van der Waals surface area contributed by atoms with Gasteiger partial charge in [0.15, 0.2) is 5.65 Å². The van der Waals surface area contributed by atoms with Crippen molar-refractivity contribution < 1.29 is 14.3 Å². The number of morpholine rings is 1. The van der Waals surface area contributed by atoms with Crippen molar-refractivity contribution in [3.05, 3.63) is 35.4 Å². The zero-order valence-corrected chi connectivity index (χ0v) is 20.8. The van der Waals surface area contributed by atoms with Crippen molar-refractivity contribution in [1.29, 1.82) is 0 Å². The molecule has 7 rings (SSSR count). The minimum absolute atomic E-state index is 0.0359. The summed E-state index contributed by atoms with van der Waals surface area (Å²) in [6.45, 7) is 7.23. The number of nitrogens with one attached hydrogen (secondary N) is 1. The standard InChI is InChI=1S/C26H30ClN5O3/c1-15(2)25(33)32-18-11-19(32)13-20(12-18)35-26-28-22-14-21(27)23(29-24(22)30-26)16-3-5-17(6-4-16)31-7-9-34-10-8-31/h3-6,14-15,18-20H,7-13H2,1-2H3,(H,28,29,30)/t18-,19?,20?/m1/s1. The van der Waals surface area contributed by atoms with Crippen LogP contribution in [0.4, 0.5) is 5.69 Å². The number of halogens is 1. The second kappa shape index (κ2) is 8.99. The van der Waals surface area contributed by atoms with Crippen LogP contribution >= 0.6 is 11.6 Å². The number of carbonyl (C=O) groups is 1. The summed E-state index contributed by atoms with van der Waals surface area (Å²) >= 11 is 6.61. The van der Waals surface area contributed by atoms with Crippen molar-refractivity contribution in [2.75, 3.05) is 31.2 Å². The molecule has 0 radical (unpaired) electrons. The molecule has 2 unspecified atom stereocenters. The van der Waals surface area contributed by atoms with Gasteiger partial charge in [0.2, 0.25) is 5.91 Å². The number of aromatic amines is 1. The van der Waals surface area contributed by atoms with Gasteiger partial charge in [0, 0.05) is 55.2 Å². The fraction of sp³-hybridized carbons (Fsp3) is 0.500. The van der Waals surface area contributed by atoms with Gasteiger partial charge in [-0.25, -0.2) is 4.98 Å². The maximum Gasteiger partial charge on any atom is 0.296 e. The fourth-order valence-corrected chi connectivity index (χ4v) is 5.80. The molecule has 184 valence electrons. The number of rotatable bonds is 5. The number of hydrogen-bond donors (Lipinski definition) is 1. The lowest BCUT2D eigenvalue weighted by molar-refractivity contribution is -0.157. The summed E-state index contributed by atoms with van der Waals surface area (Å²) in [4.78, 5) is 29.4. The Labute approximate surface area is 209 Å². The lowest BCUT2D eigenvalue weighted by Crippen LogP contribution is -2.65. The molecule has 2 bridgehead atoms. The van der Waals surface area contributed by atoms with E-state index in [4.69, 9.17) is 26.1 Å². The number of aromatic nitrogens is 3. The first-order valence-corrected chi connectivity index (χ1v) is 12.8. The highest BCUT2D eigenvalue weighted by atomic mass is 35.5. The summed E-state index contributed by atoms with van der Waals surface area (Å²) in [6, 6.07) is 11.2.